The summed E-state index contributed by atoms with van der Waals surface area (Å²) in [7, 11) is 0. The van der Waals surface area contributed by atoms with Crippen molar-refractivity contribution in [3.8, 4) is 0 Å². The van der Waals surface area contributed by atoms with Crippen LogP contribution in [0.1, 0.15) is 28.4 Å². The topological polar surface area (TPSA) is 59.5 Å². The maximum Gasteiger partial charge on any atom is 0.340 e. The Morgan fingerprint density at radius 3 is 2.68 bits per heavy atom. The first-order valence-corrected chi connectivity index (χ1v) is 8.59. The first-order chi connectivity index (χ1) is 12.0. The van der Waals surface area contributed by atoms with E-state index in [0.717, 1.165) is 12.0 Å². The standard InChI is InChI=1S/C18H16Cl2N2O3/c1-11(25-18(24)14-8-15(19)16(20)21-9-14)17(23)22-7-6-12-4-2-3-5-13(12)10-22/h2-5,8-9,11H,6-7,10H2,1H3. The molecule has 5 nitrogen and oxygen atoms in total. The number of carbonyl (C=O) groups is 2. The first-order valence-electron chi connectivity index (χ1n) is 7.83. The zero-order valence-corrected chi connectivity index (χ0v) is 15.0. The third kappa shape index (κ3) is 3.94. The minimum absolute atomic E-state index is 0.106. The minimum atomic E-state index is -0.896. The van der Waals surface area contributed by atoms with E-state index in [2.05, 4.69) is 11.1 Å². The fraction of sp³-hybridized carbons (Fsp3) is 0.278. The lowest BCUT2D eigenvalue weighted by atomic mass is 9.99. The van der Waals surface area contributed by atoms with E-state index in [1.165, 1.54) is 17.8 Å². The van der Waals surface area contributed by atoms with Gasteiger partial charge in [0, 0.05) is 19.3 Å². The van der Waals surface area contributed by atoms with Gasteiger partial charge in [0.25, 0.3) is 5.91 Å². The van der Waals surface area contributed by atoms with Gasteiger partial charge in [-0.05, 0) is 30.5 Å². The van der Waals surface area contributed by atoms with Gasteiger partial charge in [-0.2, -0.15) is 0 Å². The first kappa shape index (κ1) is 17.7. The molecule has 1 atom stereocenters. The van der Waals surface area contributed by atoms with Crippen LogP contribution in [0.4, 0.5) is 0 Å². The summed E-state index contributed by atoms with van der Waals surface area (Å²) in [6.07, 6.45) is 1.16. The Labute approximate surface area is 155 Å². The highest BCUT2D eigenvalue weighted by atomic mass is 35.5. The molecule has 0 saturated carbocycles. The SMILES string of the molecule is CC(OC(=O)c1cnc(Cl)c(Cl)c1)C(=O)N1CCc2ccccc2C1. The van der Waals surface area contributed by atoms with Crippen molar-refractivity contribution in [3.05, 3.63) is 63.4 Å². The number of fused-ring (bicyclic) bond motifs is 1. The molecule has 1 aromatic heterocycles. The molecule has 0 radical (unpaired) electrons. The van der Waals surface area contributed by atoms with Gasteiger partial charge in [0.05, 0.1) is 10.6 Å². The average Bonchev–Trinajstić information content (AvgIpc) is 2.62. The summed E-state index contributed by atoms with van der Waals surface area (Å²) < 4.78 is 5.26. The fourth-order valence-electron chi connectivity index (χ4n) is 2.75. The van der Waals surface area contributed by atoms with Crippen LogP contribution < -0.4 is 0 Å². The molecule has 130 valence electrons. The largest absolute Gasteiger partial charge is 0.449 e. The zero-order chi connectivity index (χ0) is 18.0. The number of esters is 1. The van der Waals surface area contributed by atoms with Crippen molar-refractivity contribution in [1.82, 2.24) is 9.88 Å². The third-order valence-corrected chi connectivity index (χ3v) is 4.79. The van der Waals surface area contributed by atoms with Gasteiger partial charge in [-0.15, -0.1) is 0 Å². The van der Waals surface area contributed by atoms with Gasteiger partial charge in [0.1, 0.15) is 5.15 Å². The van der Waals surface area contributed by atoms with Crippen molar-refractivity contribution in [2.75, 3.05) is 6.54 Å². The molecular formula is C18H16Cl2N2O3. The molecule has 1 aliphatic rings. The van der Waals surface area contributed by atoms with Crippen molar-refractivity contribution < 1.29 is 14.3 Å². The Hall–Kier alpha value is -2.11. The molecule has 0 spiro atoms. The normalized spacial score (nSPS) is 14.6. The maximum absolute atomic E-state index is 12.6. The zero-order valence-electron chi connectivity index (χ0n) is 13.5. The number of benzene rings is 1. The predicted molar refractivity (Wildman–Crippen MR) is 94.7 cm³/mol. The maximum atomic E-state index is 12.6. The van der Waals surface area contributed by atoms with E-state index in [1.54, 1.807) is 11.8 Å². The Morgan fingerprint density at radius 2 is 1.96 bits per heavy atom. The number of aromatic nitrogens is 1. The van der Waals surface area contributed by atoms with Gasteiger partial charge in [0.15, 0.2) is 6.10 Å². The van der Waals surface area contributed by atoms with Crippen molar-refractivity contribution in [2.45, 2.75) is 26.0 Å². The van der Waals surface area contributed by atoms with Crippen LogP contribution in [0, 0.1) is 0 Å². The van der Waals surface area contributed by atoms with Crippen LogP contribution in [-0.4, -0.2) is 34.4 Å². The second-order valence-electron chi connectivity index (χ2n) is 5.82. The Morgan fingerprint density at radius 1 is 1.24 bits per heavy atom. The predicted octanol–water partition coefficient (Wildman–Crippen LogP) is 3.52. The lowest BCUT2D eigenvalue weighted by molar-refractivity contribution is -0.140. The highest BCUT2D eigenvalue weighted by Gasteiger charge is 2.27. The van der Waals surface area contributed by atoms with Crippen LogP contribution in [0.2, 0.25) is 10.2 Å². The van der Waals surface area contributed by atoms with E-state index in [4.69, 9.17) is 27.9 Å². The summed E-state index contributed by atoms with van der Waals surface area (Å²) in [5.41, 5.74) is 2.52. The highest BCUT2D eigenvalue weighted by Crippen LogP contribution is 2.22. The van der Waals surface area contributed by atoms with Crippen LogP contribution in [0.15, 0.2) is 36.5 Å². The lowest BCUT2D eigenvalue weighted by Gasteiger charge is -2.30. The van der Waals surface area contributed by atoms with Crippen molar-refractivity contribution >= 4 is 35.1 Å². The average molecular weight is 379 g/mol. The molecule has 2 heterocycles. The molecule has 0 aliphatic carbocycles. The van der Waals surface area contributed by atoms with Crippen molar-refractivity contribution in [1.29, 1.82) is 0 Å². The summed E-state index contributed by atoms with van der Waals surface area (Å²) in [5.74, 6) is -0.889. The number of halogens is 2. The van der Waals surface area contributed by atoms with Crippen molar-refractivity contribution in [2.24, 2.45) is 0 Å². The summed E-state index contributed by atoms with van der Waals surface area (Å²) in [6, 6.07) is 9.39. The highest BCUT2D eigenvalue weighted by molar-refractivity contribution is 6.41. The van der Waals surface area contributed by atoms with Crippen LogP contribution in [0.3, 0.4) is 0 Å². The molecule has 3 rings (SSSR count). The fourth-order valence-corrected chi connectivity index (χ4v) is 3.02. The van der Waals surface area contributed by atoms with Crippen LogP contribution in [0.5, 0.6) is 0 Å². The molecule has 0 fully saturated rings. The number of carbonyl (C=O) groups excluding carboxylic acids is 2. The monoisotopic (exact) mass is 378 g/mol. The molecule has 7 heteroatoms. The van der Waals surface area contributed by atoms with E-state index in [-0.39, 0.29) is 21.6 Å². The molecule has 2 aromatic rings. The van der Waals surface area contributed by atoms with Gasteiger partial charge in [-0.1, -0.05) is 47.5 Å². The number of ether oxygens (including phenoxy) is 1. The van der Waals surface area contributed by atoms with Gasteiger partial charge >= 0.3 is 5.97 Å². The summed E-state index contributed by atoms with van der Waals surface area (Å²) >= 11 is 11.6. The number of hydrogen-bond acceptors (Lipinski definition) is 4. The summed E-state index contributed by atoms with van der Waals surface area (Å²) in [6.45, 7) is 2.68. The van der Waals surface area contributed by atoms with Crippen LogP contribution >= 0.6 is 23.2 Å². The number of nitrogens with zero attached hydrogens (tertiary/aromatic N) is 2. The molecule has 0 N–H and O–H groups in total. The van der Waals surface area contributed by atoms with E-state index < -0.39 is 12.1 Å². The quantitative estimate of drug-likeness (QED) is 0.605. The Balaban J connectivity index is 1.65. The van der Waals surface area contributed by atoms with Gasteiger partial charge in [0.2, 0.25) is 0 Å². The molecule has 1 amide bonds. The van der Waals surface area contributed by atoms with Gasteiger partial charge in [-0.25, -0.2) is 9.78 Å². The van der Waals surface area contributed by atoms with E-state index in [9.17, 15) is 9.59 Å². The minimum Gasteiger partial charge on any atom is -0.449 e. The number of pyridine rings is 1. The summed E-state index contributed by atoms with van der Waals surface area (Å²) in [5, 5.41) is 0.261. The van der Waals surface area contributed by atoms with Crippen LogP contribution in [-0.2, 0) is 22.5 Å². The molecule has 0 saturated heterocycles. The lowest BCUT2D eigenvalue weighted by Crippen LogP contribution is -2.42. The molecule has 25 heavy (non-hydrogen) atoms. The summed E-state index contributed by atoms with van der Waals surface area (Å²) in [4.78, 5) is 30.3. The van der Waals surface area contributed by atoms with E-state index in [0.29, 0.717) is 13.1 Å². The molecule has 1 aromatic carbocycles. The Bertz CT molecular complexity index is 826. The van der Waals surface area contributed by atoms with Gasteiger partial charge in [-0.3, -0.25) is 4.79 Å². The smallest absolute Gasteiger partial charge is 0.340 e. The second kappa shape index (κ2) is 7.42. The number of hydrogen-bond donors (Lipinski definition) is 0. The van der Waals surface area contributed by atoms with Crippen molar-refractivity contribution in [3.63, 3.8) is 0 Å². The van der Waals surface area contributed by atoms with E-state index in [1.807, 2.05) is 18.2 Å². The molecular weight excluding hydrogens is 363 g/mol. The molecule has 0 bridgehead atoms. The van der Waals surface area contributed by atoms with Gasteiger partial charge < -0.3 is 9.64 Å². The second-order valence-corrected chi connectivity index (χ2v) is 6.59. The third-order valence-electron chi connectivity index (χ3n) is 4.11. The number of rotatable bonds is 3. The number of amides is 1. The van der Waals surface area contributed by atoms with Crippen LogP contribution in [0.25, 0.3) is 0 Å². The molecule has 1 aliphatic heterocycles. The molecule has 1 unspecified atom stereocenters. The van der Waals surface area contributed by atoms with E-state index >= 15 is 0 Å². The Kier molecular flexibility index (Phi) is 5.25.